The van der Waals surface area contributed by atoms with Crippen LogP contribution in [0.5, 0.6) is 0 Å². The highest BCUT2D eigenvalue weighted by atomic mass is 19.1. The standard InChI is InChI=1S/C8H12FN3O2/c9-7-5-11-8(12-6-7)10-1-3-14-4-2-13/h5-6,13H,1-4H2,(H,10,11,12). The molecule has 0 bridgehead atoms. The van der Waals surface area contributed by atoms with Crippen molar-refractivity contribution < 1.29 is 14.2 Å². The van der Waals surface area contributed by atoms with Crippen LogP contribution in [0.3, 0.4) is 0 Å². The molecule has 0 spiro atoms. The summed E-state index contributed by atoms with van der Waals surface area (Å²) in [5.74, 6) is -0.105. The SMILES string of the molecule is OCCOCCNc1ncc(F)cn1. The van der Waals surface area contributed by atoms with E-state index in [9.17, 15) is 4.39 Å². The molecule has 1 rings (SSSR count). The Morgan fingerprint density at radius 1 is 1.36 bits per heavy atom. The second-order valence-electron chi connectivity index (χ2n) is 2.49. The molecule has 0 aromatic carbocycles. The average Bonchev–Trinajstić information content (AvgIpc) is 2.21. The van der Waals surface area contributed by atoms with Crippen molar-refractivity contribution in [3.8, 4) is 0 Å². The number of rotatable bonds is 6. The van der Waals surface area contributed by atoms with Crippen LogP contribution in [0.25, 0.3) is 0 Å². The number of aliphatic hydroxyl groups excluding tert-OH is 1. The highest BCUT2D eigenvalue weighted by Gasteiger charge is 1.95. The topological polar surface area (TPSA) is 67.3 Å². The number of aromatic nitrogens is 2. The Labute approximate surface area is 81.0 Å². The fourth-order valence-corrected chi connectivity index (χ4v) is 0.805. The number of anilines is 1. The average molecular weight is 201 g/mol. The van der Waals surface area contributed by atoms with Gasteiger partial charge in [-0.15, -0.1) is 0 Å². The van der Waals surface area contributed by atoms with Gasteiger partial charge in [-0.05, 0) is 0 Å². The van der Waals surface area contributed by atoms with E-state index in [4.69, 9.17) is 9.84 Å². The molecule has 0 aliphatic heterocycles. The van der Waals surface area contributed by atoms with E-state index >= 15 is 0 Å². The second kappa shape index (κ2) is 6.22. The minimum Gasteiger partial charge on any atom is -0.394 e. The summed E-state index contributed by atoms with van der Waals surface area (Å²) >= 11 is 0. The molecule has 0 amide bonds. The van der Waals surface area contributed by atoms with E-state index in [2.05, 4.69) is 15.3 Å². The molecule has 6 heteroatoms. The highest BCUT2D eigenvalue weighted by Crippen LogP contribution is 1.96. The second-order valence-corrected chi connectivity index (χ2v) is 2.49. The molecule has 0 atom stereocenters. The highest BCUT2D eigenvalue weighted by molar-refractivity contribution is 5.21. The van der Waals surface area contributed by atoms with Crippen molar-refractivity contribution in [3.63, 3.8) is 0 Å². The lowest BCUT2D eigenvalue weighted by Crippen LogP contribution is -2.12. The van der Waals surface area contributed by atoms with Crippen LogP contribution in [-0.4, -0.2) is 41.4 Å². The van der Waals surface area contributed by atoms with Crippen molar-refractivity contribution >= 4 is 5.95 Å². The summed E-state index contributed by atoms with van der Waals surface area (Å²) in [4.78, 5) is 7.39. The largest absolute Gasteiger partial charge is 0.394 e. The molecule has 0 saturated carbocycles. The quantitative estimate of drug-likeness (QED) is 0.636. The van der Waals surface area contributed by atoms with Crippen LogP contribution in [0.4, 0.5) is 10.3 Å². The zero-order chi connectivity index (χ0) is 10.2. The third-order valence-corrected chi connectivity index (χ3v) is 1.39. The Bertz CT molecular complexity index is 255. The minimum absolute atomic E-state index is 0.00699. The number of halogens is 1. The van der Waals surface area contributed by atoms with E-state index in [1.165, 1.54) is 0 Å². The van der Waals surface area contributed by atoms with Crippen molar-refractivity contribution in [3.05, 3.63) is 18.2 Å². The molecule has 1 heterocycles. The molecule has 14 heavy (non-hydrogen) atoms. The molecule has 78 valence electrons. The fraction of sp³-hybridized carbons (Fsp3) is 0.500. The Balaban J connectivity index is 2.15. The molecule has 0 saturated heterocycles. The van der Waals surface area contributed by atoms with Crippen molar-refractivity contribution in [1.82, 2.24) is 9.97 Å². The van der Waals surface area contributed by atoms with Gasteiger partial charge >= 0.3 is 0 Å². The normalized spacial score (nSPS) is 10.1. The van der Waals surface area contributed by atoms with E-state index in [0.717, 1.165) is 12.4 Å². The Hall–Kier alpha value is -1.27. The predicted molar refractivity (Wildman–Crippen MR) is 48.4 cm³/mol. The lowest BCUT2D eigenvalue weighted by molar-refractivity contribution is 0.0991. The van der Waals surface area contributed by atoms with Crippen LogP contribution in [0.1, 0.15) is 0 Å². The molecular formula is C8H12FN3O2. The van der Waals surface area contributed by atoms with Gasteiger partial charge in [-0.2, -0.15) is 0 Å². The number of nitrogens with zero attached hydrogens (tertiary/aromatic N) is 2. The number of hydrogen-bond donors (Lipinski definition) is 2. The van der Waals surface area contributed by atoms with E-state index in [1.807, 2.05) is 0 Å². The summed E-state index contributed by atoms with van der Waals surface area (Å²) in [6, 6.07) is 0. The molecule has 1 aromatic heterocycles. The van der Waals surface area contributed by atoms with Crippen LogP contribution in [-0.2, 0) is 4.74 Å². The molecule has 0 radical (unpaired) electrons. The third kappa shape index (κ3) is 4.11. The number of ether oxygens (including phenoxy) is 1. The monoisotopic (exact) mass is 201 g/mol. The van der Waals surface area contributed by atoms with Crippen molar-refractivity contribution in [2.75, 3.05) is 31.7 Å². The van der Waals surface area contributed by atoms with Gasteiger partial charge in [0.05, 0.1) is 32.2 Å². The Morgan fingerprint density at radius 2 is 2.07 bits per heavy atom. The molecular weight excluding hydrogens is 189 g/mol. The first-order chi connectivity index (χ1) is 6.83. The maximum absolute atomic E-state index is 12.4. The van der Waals surface area contributed by atoms with E-state index in [0.29, 0.717) is 25.7 Å². The van der Waals surface area contributed by atoms with Crippen LogP contribution < -0.4 is 5.32 Å². The number of nitrogens with one attached hydrogen (secondary N) is 1. The van der Waals surface area contributed by atoms with Gasteiger partial charge in [0.1, 0.15) is 0 Å². The van der Waals surface area contributed by atoms with Gasteiger partial charge in [-0.25, -0.2) is 14.4 Å². The first kappa shape index (κ1) is 10.8. The van der Waals surface area contributed by atoms with Crippen molar-refractivity contribution in [1.29, 1.82) is 0 Å². The smallest absolute Gasteiger partial charge is 0.222 e. The van der Waals surface area contributed by atoms with Gasteiger partial charge in [-0.3, -0.25) is 0 Å². The lowest BCUT2D eigenvalue weighted by atomic mass is 10.6. The van der Waals surface area contributed by atoms with Gasteiger partial charge in [0.25, 0.3) is 0 Å². The lowest BCUT2D eigenvalue weighted by Gasteiger charge is -2.04. The zero-order valence-corrected chi connectivity index (χ0v) is 7.61. The summed E-state index contributed by atoms with van der Waals surface area (Å²) in [6.45, 7) is 1.28. The zero-order valence-electron chi connectivity index (χ0n) is 7.61. The van der Waals surface area contributed by atoms with Crippen molar-refractivity contribution in [2.24, 2.45) is 0 Å². The van der Waals surface area contributed by atoms with Crippen LogP contribution >= 0.6 is 0 Å². The van der Waals surface area contributed by atoms with Gasteiger partial charge in [0.15, 0.2) is 5.82 Å². The van der Waals surface area contributed by atoms with Gasteiger partial charge < -0.3 is 15.2 Å². The molecule has 0 fully saturated rings. The van der Waals surface area contributed by atoms with E-state index < -0.39 is 5.82 Å². The van der Waals surface area contributed by atoms with Gasteiger partial charge in [0.2, 0.25) is 5.95 Å². The van der Waals surface area contributed by atoms with Crippen LogP contribution in [0.15, 0.2) is 12.4 Å². The first-order valence-corrected chi connectivity index (χ1v) is 4.23. The summed E-state index contributed by atoms with van der Waals surface area (Å²) in [5.41, 5.74) is 0. The molecule has 2 N–H and O–H groups in total. The van der Waals surface area contributed by atoms with Crippen molar-refractivity contribution in [2.45, 2.75) is 0 Å². The number of hydrogen-bond acceptors (Lipinski definition) is 5. The maximum atomic E-state index is 12.4. The minimum atomic E-state index is -0.466. The molecule has 1 aromatic rings. The Kier molecular flexibility index (Phi) is 4.81. The first-order valence-electron chi connectivity index (χ1n) is 4.23. The Morgan fingerprint density at radius 3 is 2.71 bits per heavy atom. The molecule has 5 nitrogen and oxygen atoms in total. The van der Waals surface area contributed by atoms with Crippen LogP contribution in [0, 0.1) is 5.82 Å². The molecule has 0 aliphatic rings. The van der Waals surface area contributed by atoms with E-state index in [1.54, 1.807) is 0 Å². The predicted octanol–water partition coefficient (Wildman–Crippen LogP) is 0.0365. The summed E-state index contributed by atoms with van der Waals surface area (Å²) in [5, 5.41) is 11.2. The maximum Gasteiger partial charge on any atom is 0.222 e. The van der Waals surface area contributed by atoms with Gasteiger partial charge in [0, 0.05) is 6.54 Å². The van der Waals surface area contributed by atoms with Crippen LogP contribution in [0.2, 0.25) is 0 Å². The third-order valence-electron chi connectivity index (χ3n) is 1.39. The summed E-state index contributed by atoms with van der Waals surface area (Å²) < 4.78 is 17.4. The fourth-order valence-electron chi connectivity index (χ4n) is 0.805. The summed E-state index contributed by atoms with van der Waals surface area (Å²) in [6.07, 6.45) is 2.17. The summed E-state index contributed by atoms with van der Waals surface area (Å²) in [7, 11) is 0. The van der Waals surface area contributed by atoms with E-state index in [-0.39, 0.29) is 6.61 Å². The van der Waals surface area contributed by atoms with Gasteiger partial charge in [-0.1, -0.05) is 0 Å². The molecule has 0 aliphatic carbocycles. The number of aliphatic hydroxyl groups is 1. The molecule has 0 unspecified atom stereocenters.